The molecule has 2 aliphatic carbocycles. The van der Waals surface area contributed by atoms with Gasteiger partial charge in [0.05, 0.1) is 27.1 Å². The molecule has 3 nitrogen and oxygen atoms in total. The molecule has 4 rings (SSSR count). The fourth-order valence-corrected chi connectivity index (χ4v) is 5.13. The van der Waals surface area contributed by atoms with Gasteiger partial charge in [-0.3, -0.25) is 0 Å². The van der Waals surface area contributed by atoms with Crippen LogP contribution in [0, 0.1) is 5.41 Å². The molecule has 0 aromatic heterocycles. The van der Waals surface area contributed by atoms with Crippen LogP contribution in [-0.2, 0) is 11.4 Å². The molecule has 6 heteroatoms. The van der Waals surface area contributed by atoms with E-state index in [0.29, 0.717) is 21.5 Å². The number of anilines is 1. The molecular formula is C15H17Cl2N3S. The first-order chi connectivity index (χ1) is 10.2. The first-order valence-corrected chi connectivity index (χ1v) is 9.05. The highest BCUT2D eigenvalue weighted by Crippen LogP contribution is 2.55. The van der Waals surface area contributed by atoms with Crippen LogP contribution < -0.4 is 5.32 Å². The predicted octanol–water partition coefficient (Wildman–Crippen LogP) is 6.24. The highest BCUT2D eigenvalue weighted by Gasteiger charge is 2.47. The largest absolute Gasteiger partial charge is 0.379 e. The van der Waals surface area contributed by atoms with Gasteiger partial charge in [0, 0.05) is 6.04 Å². The zero-order valence-corrected chi connectivity index (χ0v) is 14.0. The van der Waals surface area contributed by atoms with Gasteiger partial charge in [0.25, 0.3) is 0 Å². The molecular weight excluding hydrogens is 325 g/mol. The maximum atomic E-state index is 6.41. The second-order valence-corrected chi connectivity index (χ2v) is 7.68. The first kappa shape index (κ1) is 14.0. The van der Waals surface area contributed by atoms with E-state index in [9.17, 15) is 0 Å². The molecule has 0 saturated heterocycles. The summed E-state index contributed by atoms with van der Waals surface area (Å²) in [5.41, 5.74) is 2.97. The summed E-state index contributed by atoms with van der Waals surface area (Å²) in [7, 11) is 0. The zero-order chi connectivity index (χ0) is 14.4. The number of nitrogens with zero attached hydrogens (tertiary/aromatic N) is 2. The fraction of sp³-hybridized carbons (Fsp3) is 0.600. The van der Waals surface area contributed by atoms with Crippen LogP contribution in [0.2, 0.25) is 10.0 Å². The predicted molar refractivity (Wildman–Crippen MR) is 90.2 cm³/mol. The van der Waals surface area contributed by atoms with Crippen molar-refractivity contribution in [1.29, 1.82) is 0 Å². The number of rotatable bonds is 2. The van der Waals surface area contributed by atoms with Crippen LogP contribution in [0.15, 0.2) is 14.8 Å². The average molecular weight is 342 g/mol. The van der Waals surface area contributed by atoms with Crippen LogP contribution in [-0.4, -0.2) is 6.04 Å². The van der Waals surface area contributed by atoms with Gasteiger partial charge in [-0.15, -0.1) is 0 Å². The van der Waals surface area contributed by atoms with E-state index < -0.39 is 0 Å². The summed E-state index contributed by atoms with van der Waals surface area (Å²) in [5.74, 6) is 0. The van der Waals surface area contributed by atoms with Gasteiger partial charge < -0.3 is 5.32 Å². The molecule has 2 saturated carbocycles. The van der Waals surface area contributed by atoms with Crippen molar-refractivity contribution >= 4 is 51.6 Å². The molecule has 2 fully saturated rings. The molecule has 0 bridgehead atoms. The quantitative estimate of drug-likeness (QED) is 0.688. The Morgan fingerprint density at radius 2 is 1.81 bits per heavy atom. The SMILES string of the molecule is Clc1cc(Cl)c(NC2CCC23CCCCC3)c2c1N=S=N2. The van der Waals surface area contributed by atoms with Crippen molar-refractivity contribution in [3.8, 4) is 0 Å². The van der Waals surface area contributed by atoms with Crippen molar-refractivity contribution in [2.45, 2.75) is 51.0 Å². The topological polar surface area (TPSA) is 36.8 Å². The van der Waals surface area contributed by atoms with E-state index in [-0.39, 0.29) is 0 Å². The maximum Gasteiger partial charge on any atom is 0.130 e. The molecule has 1 aromatic rings. The number of halogens is 2. The molecule has 1 aromatic carbocycles. The summed E-state index contributed by atoms with van der Waals surface area (Å²) in [5, 5.41) is 4.91. The molecule has 1 spiro atoms. The van der Waals surface area contributed by atoms with Crippen molar-refractivity contribution in [3.05, 3.63) is 16.1 Å². The number of nitrogens with one attached hydrogen (secondary N) is 1. The van der Waals surface area contributed by atoms with E-state index in [0.717, 1.165) is 17.1 Å². The Hall–Kier alpha value is -0.580. The molecule has 3 aliphatic rings. The molecule has 1 aliphatic heterocycles. The van der Waals surface area contributed by atoms with Crippen molar-refractivity contribution in [1.82, 2.24) is 0 Å². The second kappa shape index (κ2) is 5.25. The van der Waals surface area contributed by atoms with Gasteiger partial charge in [0.2, 0.25) is 0 Å². The third-order valence-electron chi connectivity index (χ3n) is 5.28. The van der Waals surface area contributed by atoms with E-state index in [4.69, 9.17) is 23.2 Å². The van der Waals surface area contributed by atoms with Crippen LogP contribution in [0.5, 0.6) is 0 Å². The van der Waals surface area contributed by atoms with Crippen molar-refractivity contribution < 1.29 is 0 Å². The van der Waals surface area contributed by atoms with Gasteiger partial charge in [-0.1, -0.05) is 42.5 Å². The molecule has 0 amide bonds. The lowest BCUT2D eigenvalue weighted by molar-refractivity contribution is 0.0572. The van der Waals surface area contributed by atoms with Crippen molar-refractivity contribution in [3.63, 3.8) is 0 Å². The van der Waals surface area contributed by atoms with Crippen LogP contribution >= 0.6 is 23.2 Å². The summed E-state index contributed by atoms with van der Waals surface area (Å²) in [6.07, 6.45) is 9.35. The van der Waals surface area contributed by atoms with Gasteiger partial charge in [0.1, 0.15) is 11.4 Å². The highest BCUT2D eigenvalue weighted by molar-refractivity contribution is 7.58. The number of hydrogen-bond donors (Lipinski definition) is 1. The summed E-state index contributed by atoms with van der Waals surface area (Å²) in [6, 6.07) is 2.29. The van der Waals surface area contributed by atoms with Crippen LogP contribution in [0.25, 0.3) is 0 Å². The molecule has 1 atom stereocenters. The minimum atomic E-state index is 0.483. The monoisotopic (exact) mass is 341 g/mol. The molecule has 1 unspecified atom stereocenters. The Balaban J connectivity index is 1.64. The smallest absolute Gasteiger partial charge is 0.130 e. The van der Waals surface area contributed by atoms with E-state index >= 15 is 0 Å². The van der Waals surface area contributed by atoms with Crippen molar-refractivity contribution in [2.24, 2.45) is 14.1 Å². The first-order valence-electron chi connectivity index (χ1n) is 7.56. The summed E-state index contributed by atoms with van der Waals surface area (Å²) in [4.78, 5) is 0. The van der Waals surface area contributed by atoms with Crippen LogP contribution in [0.3, 0.4) is 0 Å². The third-order valence-corrected chi connectivity index (χ3v) is 6.40. The lowest BCUT2D eigenvalue weighted by Gasteiger charge is -2.53. The highest BCUT2D eigenvalue weighted by atomic mass is 35.5. The lowest BCUT2D eigenvalue weighted by Crippen LogP contribution is -2.50. The Bertz CT molecular complexity index is 661. The van der Waals surface area contributed by atoms with Crippen LogP contribution in [0.1, 0.15) is 44.9 Å². The molecule has 1 heterocycles. The zero-order valence-electron chi connectivity index (χ0n) is 11.7. The minimum Gasteiger partial charge on any atom is -0.379 e. The van der Waals surface area contributed by atoms with Gasteiger partial charge in [0.15, 0.2) is 0 Å². The molecule has 1 N–H and O–H groups in total. The number of hydrogen-bond acceptors (Lipinski definition) is 3. The Kier molecular flexibility index (Phi) is 3.51. The van der Waals surface area contributed by atoms with Gasteiger partial charge in [-0.2, -0.15) is 8.73 Å². The lowest BCUT2D eigenvalue weighted by atomic mass is 9.57. The molecule has 112 valence electrons. The average Bonchev–Trinajstić information content (AvgIpc) is 2.96. The van der Waals surface area contributed by atoms with E-state index in [2.05, 4.69) is 14.0 Å². The number of benzene rings is 1. The normalized spacial score (nSPS) is 25.3. The van der Waals surface area contributed by atoms with E-state index in [1.54, 1.807) is 6.07 Å². The summed E-state index contributed by atoms with van der Waals surface area (Å²) < 4.78 is 8.66. The standard InChI is InChI=1S/C15H17Cl2N3S/c16-9-8-10(17)13-14(20-21-19-13)12(9)18-11-4-7-15(11)5-2-1-3-6-15/h8,11,18H,1-7H2. The molecule has 21 heavy (non-hydrogen) atoms. The van der Waals surface area contributed by atoms with Gasteiger partial charge in [-0.05, 0) is 37.2 Å². The summed E-state index contributed by atoms with van der Waals surface area (Å²) in [6.45, 7) is 0. The molecule has 0 radical (unpaired) electrons. The van der Waals surface area contributed by atoms with Gasteiger partial charge >= 0.3 is 0 Å². The van der Waals surface area contributed by atoms with Crippen molar-refractivity contribution in [2.75, 3.05) is 5.32 Å². The Morgan fingerprint density at radius 3 is 2.52 bits per heavy atom. The van der Waals surface area contributed by atoms with Gasteiger partial charge in [-0.25, -0.2) is 0 Å². The maximum absolute atomic E-state index is 6.41. The summed E-state index contributed by atoms with van der Waals surface area (Å²) >= 11 is 13.8. The Morgan fingerprint density at radius 1 is 1.05 bits per heavy atom. The third kappa shape index (κ3) is 2.23. The van der Waals surface area contributed by atoms with Crippen LogP contribution in [0.4, 0.5) is 17.1 Å². The number of fused-ring (bicyclic) bond motifs is 1. The Labute approximate surface area is 138 Å². The van der Waals surface area contributed by atoms with E-state index in [1.807, 2.05) is 0 Å². The minimum absolute atomic E-state index is 0.483. The second-order valence-electron chi connectivity index (χ2n) is 6.34. The van der Waals surface area contributed by atoms with E-state index in [1.165, 1.54) is 56.3 Å². The fourth-order valence-electron chi connectivity index (χ4n) is 3.96.